The topological polar surface area (TPSA) is 108 Å². The third-order valence-corrected chi connectivity index (χ3v) is 12.2. The van der Waals surface area contributed by atoms with Gasteiger partial charge in [0.25, 0.3) is 0 Å². The lowest BCUT2D eigenvalue weighted by Crippen LogP contribution is -2.37. The highest BCUT2D eigenvalue weighted by atomic mass is 31.2. The molecule has 0 rings (SSSR count). The SMILES string of the molecule is CC/C=C\C/C=C\C/C=C\C/C=C\C/C=C\C/C=C\C/C=C\CCCCCCCCCCCC(=O)OC(COC(=O)CCCCCCCCCCCCCC)COP(=O)(O)OCC[N+](C)(C)C. The van der Waals surface area contributed by atoms with E-state index < -0.39 is 26.5 Å². The van der Waals surface area contributed by atoms with Crippen molar-refractivity contribution >= 4 is 19.8 Å². The third-order valence-electron chi connectivity index (χ3n) is 11.2. The summed E-state index contributed by atoms with van der Waals surface area (Å²) in [6.45, 7) is 4.30. The maximum atomic E-state index is 12.8. The van der Waals surface area contributed by atoms with Crippen molar-refractivity contribution in [3.8, 4) is 0 Å². The molecule has 0 saturated carbocycles. The molecule has 0 aromatic heterocycles. The Labute approximate surface area is 411 Å². The number of allylic oxidation sites excluding steroid dienone is 14. The van der Waals surface area contributed by atoms with Gasteiger partial charge in [-0.2, -0.15) is 0 Å². The molecule has 9 nitrogen and oxygen atoms in total. The molecule has 1 N–H and O–H groups in total. The van der Waals surface area contributed by atoms with E-state index in [1.807, 2.05) is 21.1 Å². The summed E-state index contributed by atoms with van der Waals surface area (Å²) in [7, 11) is 1.47. The first-order valence-corrected chi connectivity index (χ1v) is 28.3. The van der Waals surface area contributed by atoms with Crippen molar-refractivity contribution in [1.29, 1.82) is 0 Å². The van der Waals surface area contributed by atoms with Gasteiger partial charge in [-0.3, -0.25) is 18.6 Å². The van der Waals surface area contributed by atoms with Crippen LogP contribution in [0, 0.1) is 0 Å². The van der Waals surface area contributed by atoms with Gasteiger partial charge in [-0.05, 0) is 70.6 Å². The lowest BCUT2D eigenvalue weighted by Gasteiger charge is -2.24. The number of quaternary nitrogens is 1. The van der Waals surface area contributed by atoms with Crippen LogP contribution in [-0.4, -0.2) is 74.9 Å². The molecule has 0 aliphatic heterocycles. The van der Waals surface area contributed by atoms with Crippen LogP contribution < -0.4 is 0 Å². The Morgan fingerprint density at radius 1 is 0.478 bits per heavy atom. The normalized spacial score (nSPS) is 14.1. The summed E-state index contributed by atoms with van der Waals surface area (Å²) in [6, 6.07) is 0. The molecular formula is C57H101NO8P+. The molecule has 0 aliphatic carbocycles. The summed E-state index contributed by atoms with van der Waals surface area (Å²) in [5.41, 5.74) is 0. The van der Waals surface area contributed by atoms with Gasteiger partial charge in [0.2, 0.25) is 0 Å². The van der Waals surface area contributed by atoms with Crippen molar-refractivity contribution < 1.29 is 42.1 Å². The number of unbranched alkanes of at least 4 members (excludes halogenated alkanes) is 20. The van der Waals surface area contributed by atoms with E-state index in [-0.39, 0.29) is 32.0 Å². The van der Waals surface area contributed by atoms with Gasteiger partial charge in [-0.25, -0.2) is 4.57 Å². The molecule has 0 fully saturated rings. The lowest BCUT2D eigenvalue weighted by atomic mass is 10.0. The summed E-state index contributed by atoms with van der Waals surface area (Å²) in [5.74, 6) is -0.806. The number of hydrogen-bond acceptors (Lipinski definition) is 7. The number of phosphoric acid groups is 1. The highest BCUT2D eigenvalue weighted by Crippen LogP contribution is 2.43. The van der Waals surface area contributed by atoms with Crippen LogP contribution in [0.2, 0.25) is 0 Å². The number of ether oxygens (including phenoxy) is 2. The van der Waals surface area contributed by atoms with Crippen LogP contribution >= 0.6 is 7.82 Å². The van der Waals surface area contributed by atoms with Crippen LogP contribution in [0.4, 0.5) is 0 Å². The number of nitrogens with zero attached hydrogens (tertiary/aromatic N) is 1. The van der Waals surface area contributed by atoms with Gasteiger partial charge in [0.15, 0.2) is 6.10 Å². The van der Waals surface area contributed by atoms with Crippen molar-refractivity contribution in [1.82, 2.24) is 0 Å². The molecule has 0 heterocycles. The van der Waals surface area contributed by atoms with Gasteiger partial charge in [0.05, 0.1) is 27.7 Å². The number of phosphoric ester groups is 1. The highest BCUT2D eigenvalue weighted by Gasteiger charge is 2.27. The van der Waals surface area contributed by atoms with Crippen LogP contribution in [0.5, 0.6) is 0 Å². The van der Waals surface area contributed by atoms with E-state index in [2.05, 4.69) is 98.9 Å². The van der Waals surface area contributed by atoms with Crippen LogP contribution in [0.15, 0.2) is 85.1 Å². The summed E-state index contributed by atoms with van der Waals surface area (Å²) in [6.07, 6.45) is 63.6. The molecule has 67 heavy (non-hydrogen) atoms. The molecule has 0 bridgehead atoms. The van der Waals surface area contributed by atoms with Crippen LogP contribution in [0.3, 0.4) is 0 Å². The Morgan fingerprint density at radius 3 is 1.27 bits per heavy atom. The van der Waals surface area contributed by atoms with Gasteiger partial charge in [-0.15, -0.1) is 0 Å². The van der Waals surface area contributed by atoms with E-state index in [9.17, 15) is 19.0 Å². The summed E-state index contributed by atoms with van der Waals surface area (Å²) in [4.78, 5) is 35.5. The first kappa shape index (κ1) is 64.2. The standard InChI is InChI=1S/C57H100NO8P/c1-6-8-10-12-14-16-18-20-21-22-23-24-25-26-27-28-29-30-31-32-33-34-35-36-37-38-40-42-44-46-48-50-57(60)66-55(54-65-67(61,62)64-52-51-58(3,4)5)53-63-56(59)49-47-45-43-41-39-19-17-15-13-11-9-7-2/h8,10,14,16,20-21,23-24,26-27,29-30,32-33,55H,6-7,9,11-13,15,17-19,22,25,28,31,34-54H2,1-5H3/p+1/b10-8-,16-14-,21-20-,24-23-,27-26-,30-29-,33-32-. The quantitative estimate of drug-likeness (QED) is 0.0211. The zero-order chi connectivity index (χ0) is 49.2. The summed E-state index contributed by atoms with van der Waals surface area (Å²) in [5, 5.41) is 0. The largest absolute Gasteiger partial charge is 0.472 e. The number of hydrogen-bond donors (Lipinski definition) is 1. The van der Waals surface area contributed by atoms with Gasteiger partial charge in [-0.1, -0.05) is 214 Å². The summed E-state index contributed by atoms with van der Waals surface area (Å²) >= 11 is 0. The van der Waals surface area contributed by atoms with Crippen LogP contribution in [-0.2, 0) is 32.7 Å². The smallest absolute Gasteiger partial charge is 0.462 e. The number of carbonyl (C=O) groups excluding carboxylic acids is 2. The maximum Gasteiger partial charge on any atom is 0.472 e. The molecule has 2 atom stereocenters. The Morgan fingerprint density at radius 2 is 0.851 bits per heavy atom. The Kier molecular flexibility index (Phi) is 46.2. The minimum atomic E-state index is -4.38. The second-order valence-electron chi connectivity index (χ2n) is 18.9. The van der Waals surface area contributed by atoms with Crippen LogP contribution in [0.25, 0.3) is 0 Å². The molecular weight excluding hydrogens is 858 g/mol. The maximum absolute atomic E-state index is 12.8. The van der Waals surface area contributed by atoms with E-state index in [4.69, 9.17) is 18.5 Å². The van der Waals surface area contributed by atoms with Crippen molar-refractivity contribution in [3.05, 3.63) is 85.1 Å². The first-order chi connectivity index (χ1) is 32.5. The zero-order valence-electron chi connectivity index (χ0n) is 43.6. The van der Waals surface area contributed by atoms with Crippen molar-refractivity contribution in [2.45, 2.75) is 219 Å². The van der Waals surface area contributed by atoms with Gasteiger partial charge < -0.3 is 18.9 Å². The first-order valence-electron chi connectivity index (χ1n) is 26.8. The fourth-order valence-electron chi connectivity index (χ4n) is 7.05. The van der Waals surface area contributed by atoms with Gasteiger partial charge in [0, 0.05) is 12.8 Å². The zero-order valence-corrected chi connectivity index (χ0v) is 44.5. The average molecular weight is 959 g/mol. The monoisotopic (exact) mass is 959 g/mol. The average Bonchev–Trinajstić information content (AvgIpc) is 3.29. The Hall–Kier alpha value is -2.81. The molecule has 0 radical (unpaired) electrons. The Bertz CT molecular complexity index is 1410. The fraction of sp³-hybridized carbons (Fsp3) is 0.719. The highest BCUT2D eigenvalue weighted by molar-refractivity contribution is 7.47. The minimum absolute atomic E-state index is 0.0280. The molecule has 0 saturated heterocycles. The molecule has 0 spiro atoms. The number of esters is 2. The number of carbonyl (C=O) groups is 2. The lowest BCUT2D eigenvalue weighted by molar-refractivity contribution is -0.870. The van der Waals surface area contributed by atoms with Crippen molar-refractivity contribution in [2.24, 2.45) is 0 Å². The van der Waals surface area contributed by atoms with Crippen molar-refractivity contribution in [2.75, 3.05) is 47.5 Å². The molecule has 0 aromatic rings. The van der Waals surface area contributed by atoms with E-state index in [0.717, 1.165) is 89.9 Å². The third kappa shape index (κ3) is 52.4. The number of likely N-dealkylation sites (N-methyl/N-ethyl adjacent to an activating group) is 1. The summed E-state index contributed by atoms with van der Waals surface area (Å²) < 4.78 is 34.4. The molecule has 0 amide bonds. The Balaban J connectivity index is 4.16. The second kappa shape index (κ2) is 48.2. The van der Waals surface area contributed by atoms with Crippen molar-refractivity contribution in [3.63, 3.8) is 0 Å². The molecule has 0 aromatic carbocycles. The van der Waals surface area contributed by atoms with Gasteiger partial charge in [0.1, 0.15) is 19.8 Å². The van der Waals surface area contributed by atoms with E-state index in [1.54, 1.807) is 0 Å². The molecule has 386 valence electrons. The van der Waals surface area contributed by atoms with Crippen LogP contribution in [0.1, 0.15) is 213 Å². The van der Waals surface area contributed by atoms with Gasteiger partial charge >= 0.3 is 19.8 Å². The van der Waals surface area contributed by atoms with E-state index in [0.29, 0.717) is 17.4 Å². The number of rotatable bonds is 48. The van der Waals surface area contributed by atoms with E-state index >= 15 is 0 Å². The molecule has 10 heteroatoms. The molecule has 0 aliphatic rings. The predicted octanol–water partition coefficient (Wildman–Crippen LogP) is 16.3. The second-order valence-corrected chi connectivity index (χ2v) is 20.3. The fourth-order valence-corrected chi connectivity index (χ4v) is 7.80. The van der Waals surface area contributed by atoms with E-state index in [1.165, 1.54) is 89.9 Å². The minimum Gasteiger partial charge on any atom is -0.462 e. The molecule has 2 unspecified atom stereocenters. The predicted molar refractivity (Wildman–Crippen MR) is 284 cm³/mol.